The van der Waals surface area contributed by atoms with Gasteiger partial charge in [-0.2, -0.15) is 0 Å². The van der Waals surface area contributed by atoms with E-state index in [1.165, 1.54) is 0 Å². The lowest BCUT2D eigenvalue weighted by Crippen LogP contribution is -2.38. The fraction of sp³-hybridized carbons (Fsp3) is 0.273. The Morgan fingerprint density at radius 2 is 1.94 bits per heavy atom. The molecule has 2 heterocycles. The van der Waals surface area contributed by atoms with E-state index in [0.29, 0.717) is 13.1 Å². The van der Waals surface area contributed by atoms with Crippen molar-refractivity contribution in [3.63, 3.8) is 0 Å². The summed E-state index contributed by atoms with van der Waals surface area (Å²) in [6.45, 7) is 1.16. The molecule has 1 aromatic carbocycles. The van der Waals surface area contributed by atoms with Crippen LogP contribution in [-0.4, -0.2) is 24.8 Å². The number of carbonyl (C=O) groups excluding carboxylic acids is 2. The summed E-state index contributed by atoms with van der Waals surface area (Å²) in [5.41, 5.74) is -0.595. The molecule has 0 spiro atoms. The Balaban J connectivity index is 2.18. The third-order valence-electron chi connectivity index (χ3n) is 3.06. The van der Waals surface area contributed by atoms with Crippen molar-refractivity contribution in [2.45, 2.75) is 6.42 Å². The molecule has 0 radical (unpaired) electrons. The molecule has 88 valence electrons. The molecule has 2 aliphatic rings. The molecule has 1 N–H and O–H groups in total. The van der Waals surface area contributed by atoms with Crippen molar-refractivity contribution in [3.05, 3.63) is 23.3 Å². The van der Waals surface area contributed by atoms with Crippen LogP contribution in [0.1, 0.15) is 16.8 Å². The molecule has 1 aromatic rings. The lowest BCUT2D eigenvalue weighted by atomic mass is 10.1. The van der Waals surface area contributed by atoms with E-state index >= 15 is 0 Å². The largest absolute Gasteiger partial charge is 0.367 e. The van der Waals surface area contributed by atoms with Gasteiger partial charge in [0.15, 0.2) is 5.82 Å². The number of anilines is 2. The standard InChI is InChI=1S/C11H8F2N2O2/c12-6-4-5-8(14-11(17)10(5)16)7(13)9(6)15-2-1-3-15/h4H,1-3H2,(H,14,16,17). The Hall–Kier alpha value is -1.98. The van der Waals surface area contributed by atoms with Crippen LogP contribution in [0.25, 0.3) is 0 Å². The molecular formula is C11H8F2N2O2. The van der Waals surface area contributed by atoms with Crippen LogP contribution in [0.5, 0.6) is 0 Å². The highest BCUT2D eigenvalue weighted by Crippen LogP contribution is 2.36. The van der Waals surface area contributed by atoms with E-state index in [9.17, 15) is 18.4 Å². The molecule has 0 atom stereocenters. The van der Waals surface area contributed by atoms with E-state index < -0.39 is 23.3 Å². The van der Waals surface area contributed by atoms with Crippen LogP contribution in [0.15, 0.2) is 6.07 Å². The number of fused-ring (bicyclic) bond motifs is 1. The molecule has 0 aromatic heterocycles. The number of nitrogens with zero attached hydrogens (tertiary/aromatic N) is 1. The topological polar surface area (TPSA) is 49.4 Å². The smallest absolute Gasteiger partial charge is 0.296 e. The predicted molar refractivity (Wildman–Crippen MR) is 56.1 cm³/mol. The van der Waals surface area contributed by atoms with Crippen LogP contribution in [-0.2, 0) is 4.79 Å². The van der Waals surface area contributed by atoms with Crippen LogP contribution < -0.4 is 10.2 Å². The third kappa shape index (κ3) is 1.26. The van der Waals surface area contributed by atoms with Gasteiger partial charge in [0.25, 0.3) is 11.7 Å². The van der Waals surface area contributed by atoms with Crippen molar-refractivity contribution in [1.82, 2.24) is 0 Å². The highest BCUT2D eigenvalue weighted by molar-refractivity contribution is 6.51. The number of hydrogen-bond acceptors (Lipinski definition) is 3. The summed E-state index contributed by atoms with van der Waals surface area (Å²) < 4.78 is 27.7. The minimum Gasteiger partial charge on any atom is -0.367 e. The first kappa shape index (κ1) is 10.2. The Kier molecular flexibility index (Phi) is 1.95. The molecule has 1 saturated heterocycles. The molecule has 1 fully saturated rings. The van der Waals surface area contributed by atoms with Gasteiger partial charge in [-0.1, -0.05) is 0 Å². The number of amides is 1. The lowest BCUT2D eigenvalue weighted by Gasteiger charge is -2.33. The van der Waals surface area contributed by atoms with Crippen LogP contribution >= 0.6 is 0 Å². The summed E-state index contributed by atoms with van der Waals surface area (Å²) in [4.78, 5) is 23.9. The van der Waals surface area contributed by atoms with Gasteiger partial charge in [-0.05, 0) is 12.5 Å². The number of halogens is 2. The molecule has 0 bridgehead atoms. The lowest BCUT2D eigenvalue weighted by molar-refractivity contribution is -0.112. The van der Waals surface area contributed by atoms with Crippen molar-refractivity contribution >= 4 is 23.1 Å². The number of ketones is 1. The summed E-state index contributed by atoms with van der Waals surface area (Å²) >= 11 is 0. The molecule has 1 amide bonds. The van der Waals surface area contributed by atoms with Gasteiger partial charge in [0.2, 0.25) is 0 Å². The summed E-state index contributed by atoms with van der Waals surface area (Å²) in [5, 5.41) is 2.13. The van der Waals surface area contributed by atoms with Gasteiger partial charge in [0.05, 0.1) is 11.3 Å². The van der Waals surface area contributed by atoms with Gasteiger partial charge < -0.3 is 10.2 Å². The fourth-order valence-corrected chi connectivity index (χ4v) is 2.03. The first-order valence-corrected chi connectivity index (χ1v) is 5.22. The van der Waals surface area contributed by atoms with Crippen molar-refractivity contribution in [2.75, 3.05) is 23.3 Å². The van der Waals surface area contributed by atoms with E-state index in [1.54, 1.807) is 4.90 Å². The summed E-state index contributed by atoms with van der Waals surface area (Å²) in [5.74, 6) is -3.48. The molecule has 17 heavy (non-hydrogen) atoms. The van der Waals surface area contributed by atoms with Crippen LogP contribution in [0.3, 0.4) is 0 Å². The second-order valence-corrected chi connectivity index (χ2v) is 4.07. The molecule has 6 heteroatoms. The summed E-state index contributed by atoms with van der Waals surface area (Å²) in [7, 11) is 0. The SMILES string of the molecule is O=C1Nc2c(cc(F)c(N3CCC3)c2F)C1=O. The zero-order chi connectivity index (χ0) is 12.2. The van der Waals surface area contributed by atoms with Crippen LogP contribution in [0.4, 0.5) is 20.2 Å². The molecule has 2 aliphatic heterocycles. The zero-order valence-corrected chi connectivity index (χ0v) is 8.72. The predicted octanol–water partition coefficient (Wildman–Crippen LogP) is 1.31. The Morgan fingerprint density at radius 3 is 2.53 bits per heavy atom. The van der Waals surface area contributed by atoms with Gasteiger partial charge in [-0.15, -0.1) is 0 Å². The monoisotopic (exact) mass is 238 g/mol. The quantitative estimate of drug-likeness (QED) is 0.750. The van der Waals surface area contributed by atoms with E-state index in [1.807, 2.05) is 0 Å². The second kappa shape index (κ2) is 3.26. The van der Waals surface area contributed by atoms with Gasteiger partial charge >= 0.3 is 0 Å². The molecule has 0 aliphatic carbocycles. The van der Waals surface area contributed by atoms with Crippen molar-refractivity contribution in [1.29, 1.82) is 0 Å². The maximum absolute atomic E-state index is 14.0. The van der Waals surface area contributed by atoms with E-state index in [0.717, 1.165) is 12.5 Å². The number of nitrogens with one attached hydrogen (secondary N) is 1. The highest BCUT2D eigenvalue weighted by Gasteiger charge is 2.35. The Bertz CT molecular complexity index is 553. The normalized spacial score (nSPS) is 17.9. The Labute approximate surface area is 95.2 Å². The molecule has 0 saturated carbocycles. The van der Waals surface area contributed by atoms with Gasteiger partial charge in [-0.3, -0.25) is 9.59 Å². The van der Waals surface area contributed by atoms with Crippen molar-refractivity contribution in [3.8, 4) is 0 Å². The highest BCUT2D eigenvalue weighted by atomic mass is 19.1. The van der Waals surface area contributed by atoms with E-state index in [4.69, 9.17) is 0 Å². The first-order chi connectivity index (χ1) is 8.09. The van der Waals surface area contributed by atoms with Crippen LogP contribution in [0.2, 0.25) is 0 Å². The minimum atomic E-state index is -0.918. The van der Waals surface area contributed by atoms with Gasteiger partial charge in [0, 0.05) is 13.1 Å². The second-order valence-electron chi connectivity index (χ2n) is 4.07. The molecule has 0 unspecified atom stereocenters. The molecule has 4 nitrogen and oxygen atoms in total. The third-order valence-corrected chi connectivity index (χ3v) is 3.06. The average Bonchev–Trinajstić information content (AvgIpc) is 2.49. The number of hydrogen-bond donors (Lipinski definition) is 1. The number of carbonyl (C=O) groups is 2. The van der Waals surface area contributed by atoms with Crippen molar-refractivity contribution in [2.24, 2.45) is 0 Å². The maximum atomic E-state index is 14.0. The van der Waals surface area contributed by atoms with E-state index in [-0.39, 0.29) is 16.9 Å². The number of rotatable bonds is 1. The zero-order valence-electron chi connectivity index (χ0n) is 8.72. The van der Waals surface area contributed by atoms with Crippen LogP contribution in [0, 0.1) is 11.6 Å². The molecule has 3 rings (SSSR count). The summed E-state index contributed by atoms with van der Waals surface area (Å²) in [6.07, 6.45) is 0.876. The number of Topliss-reactive ketones (excluding diaryl/α,β-unsaturated/α-hetero) is 1. The van der Waals surface area contributed by atoms with Gasteiger partial charge in [0.1, 0.15) is 11.5 Å². The van der Waals surface area contributed by atoms with Crippen molar-refractivity contribution < 1.29 is 18.4 Å². The first-order valence-electron chi connectivity index (χ1n) is 5.22. The maximum Gasteiger partial charge on any atom is 0.296 e. The molecular weight excluding hydrogens is 230 g/mol. The minimum absolute atomic E-state index is 0.162. The number of benzene rings is 1. The van der Waals surface area contributed by atoms with E-state index in [2.05, 4.69) is 5.32 Å². The van der Waals surface area contributed by atoms with Gasteiger partial charge in [-0.25, -0.2) is 8.78 Å². The Morgan fingerprint density at radius 1 is 1.24 bits per heavy atom. The summed E-state index contributed by atoms with van der Waals surface area (Å²) in [6, 6.07) is 0.923. The fourth-order valence-electron chi connectivity index (χ4n) is 2.03. The average molecular weight is 238 g/mol.